The normalized spacial score (nSPS) is 17.7. The molecule has 2 fully saturated rings. The summed E-state index contributed by atoms with van der Waals surface area (Å²) < 4.78 is 13.4. The Kier molecular flexibility index (Phi) is 11.0. The fraction of sp³-hybridized carbons (Fsp3) is 0.439. The van der Waals surface area contributed by atoms with E-state index in [-0.39, 0.29) is 37.0 Å². The smallest absolute Gasteiger partial charge is 0.410 e. The average Bonchev–Trinajstić information content (AvgIpc) is 3.91. The van der Waals surface area contributed by atoms with Crippen molar-refractivity contribution in [2.24, 2.45) is 5.92 Å². The van der Waals surface area contributed by atoms with Crippen LogP contribution in [0.2, 0.25) is 0 Å². The van der Waals surface area contributed by atoms with E-state index in [1.54, 1.807) is 12.0 Å². The van der Waals surface area contributed by atoms with Crippen LogP contribution >= 0.6 is 0 Å². The first-order chi connectivity index (χ1) is 24.5. The van der Waals surface area contributed by atoms with E-state index >= 15 is 0 Å². The molecule has 2 heterocycles. The number of carboxylic acid groups (broad SMARTS) is 1. The number of ether oxygens (including phenoxy) is 2. The first-order valence-corrected chi connectivity index (χ1v) is 18.0. The summed E-state index contributed by atoms with van der Waals surface area (Å²) in [5, 5.41) is 13.1. The van der Waals surface area contributed by atoms with E-state index in [0.29, 0.717) is 26.1 Å². The molecule has 51 heavy (non-hydrogen) atoms. The molecule has 1 saturated heterocycles. The Morgan fingerprint density at radius 1 is 0.961 bits per heavy atom. The molecule has 2 atom stereocenters. The summed E-state index contributed by atoms with van der Waals surface area (Å²) in [6.07, 6.45) is 5.28. The van der Waals surface area contributed by atoms with Gasteiger partial charge in [-0.15, -0.1) is 0 Å². The van der Waals surface area contributed by atoms with Gasteiger partial charge in [-0.1, -0.05) is 54.6 Å². The molecule has 2 amide bonds. The second kappa shape index (κ2) is 15.6. The predicted molar refractivity (Wildman–Crippen MR) is 199 cm³/mol. The first-order valence-electron chi connectivity index (χ1n) is 18.0. The number of hydrogen-bond donors (Lipinski definition) is 2. The maximum Gasteiger partial charge on any atom is 0.410 e. The van der Waals surface area contributed by atoms with E-state index in [4.69, 9.17) is 14.6 Å². The number of aromatic nitrogens is 1. The van der Waals surface area contributed by atoms with E-state index in [1.165, 1.54) is 0 Å². The van der Waals surface area contributed by atoms with Crippen molar-refractivity contribution >= 4 is 34.6 Å². The summed E-state index contributed by atoms with van der Waals surface area (Å²) in [7, 11) is 1.72. The molecule has 0 unspecified atom stereocenters. The zero-order chi connectivity index (χ0) is 36.1. The minimum Gasteiger partial charge on any atom is -0.480 e. The molecular weight excluding hydrogens is 644 g/mol. The first kappa shape index (κ1) is 36.0. The van der Waals surface area contributed by atoms with E-state index in [2.05, 4.69) is 63.4 Å². The van der Waals surface area contributed by atoms with Crippen molar-refractivity contribution in [3.63, 3.8) is 0 Å². The van der Waals surface area contributed by atoms with E-state index in [9.17, 15) is 14.4 Å². The number of nitrogens with one attached hydrogen (secondary N) is 1. The van der Waals surface area contributed by atoms with Gasteiger partial charge in [0.2, 0.25) is 5.91 Å². The second-order valence-electron chi connectivity index (χ2n) is 14.8. The van der Waals surface area contributed by atoms with Gasteiger partial charge in [-0.05, 0) is 92.8 Å². The number of likely N-dealkylation sites (tertiary alicyclic amines) is 1. The number of carbonyl (C=O) groups is 3. The summed E-state index contributed by atoms with van der Waals surface area (Å²) in [6, 6.07) is 24.6. The molecule has 270 valence electrons. The van der Waals surface area contributed by atoms with Crippen LogP contribution in [0.15, 0.2) is 79.0 Å². The monoisotopic (exact) mass is 694 g/mol. The largest absolute Gasteiger partial charge is 0.480 e. The number of carbonyl (C=O) groups excluding carboxylic acids is 2. The second-order valence-corrected chi connectivity index (χ2v) is 14.8. The Morgan fingerprint density at radius 3 is 2.43 bits per heavy atom. The van der Waals surface area contributed by atoms with E-state index in [1.807, 2.05) is 51.1 Å². The molecule has 6 rings (SSSR count). The van der Waals surface area contributed by atoms with Crippen LogP contribution in [-0.2, 0) is 32.2 Å². The van der Waals surface area contributed by atoms with Crippen molar-refractivity contribution in [1.82, 2.24) is 14.4 Å². The van der Waals surface area contributed by atoms with Gasteiger partial charge in [0, 0.05) is 68.7 Å². The summed E-state index contributed by atoms with van der Waals surface area (Å²) in [5.41, 5.74) is 5.44. The van der Waals surface area contributed by atoms with Gasteiger partial charge in [0.25, 0.3) is 0 Å². The van der Waals surface area contributed by atoms with Gasteiger partial charge in [0.15, 0.2) is 0 Å². The third-order valence-electron chi connectivity index (χ3n) is 9.79. The van der Waals surface area contributed by atoms with Gasteiger partial charge >= 0.3 is 12.1 Å². The molecule has 0 bridgehead atoms. The number of rotatable bonds is 13. The average molecular weight is 695 g/mol. The molecule has 0 spiro atoms. The lowest BCUT2D eigenvalue weighted by Crippen LogP contribution is -2.51. The molecule has 0 radical (unpaired) electrons. The number of fused-ring (bicyclic) bond motifs is 1. The Morgan fingerprint density at radius 2 is 1.73 bits per heavy atom. The maximum atomic E-state index is 15.0. The lowest BCUT2D eigenvalue weighted by Gasteiger charge is -2.40. The van der Waals surface area contributed by atoms with Crippen LogP contribution in [0, 0.1) is 5.92 Å². The zero-order valence-electron chi connectivity index (χ0n) is 30.1. The van der Waals surface area contributed by atoms with Crippen molar-refractivity contribution in [2.75, 3.05) is 38.7 Å². The number of aliphatic carboxylic acids is 1. The van der Waals surface area contributed by atoms with Crippen molar-refractivity contribution < 1.29 is 29.0 Å². The SMILES string of the molecule is COCCCn1cc(CN(C(=O)[C@H]2CN(C(=O)OC(C)(C)C)CC[C@@H]2c2cccc(-c3ccc(NCC(=O)O)cc3)c2)C2CC2)c2ccccc21. The van der Waals surface area contributed by atoms with Crippen LogP contribution in [0.4, 0.5) is 10.5 Å². The van der Waals surface area contributed by atoms with Gasteiger partial charge in [0.05, 0.1) is 5.92 Å². The highest BCUT2D eigenvalue weighted by molar-refractivity contribution is 5.86. The van der Waals surface area contributed by atoms with Crippen LogP contribution in [0.3, 0.4) is 0 Å². The predicted octanol–water partition coefficient (Wildman–Crippen LogP) is 7.37. The van der Waals surface area contributed by atoms with Crippen LogP contribution in [0.5, 0.6) is 0 Å². The molecular formula is C41H50N4O6. The molecule has 10 nitrogen and oxygen atoms in total. The Hall–Kier alpha value is -4.83. The molecule has 4 aromatic rings. The topological polar surface area (TPSA) is 113 Å². The molecule has 3 aromatic carbocycles. The molecule has 1 aliphatic carbocycles. The molecule has 2 N–H and O–H groups in total. The number of piperidine rings is 1. The molecule has 1 aromatic heterocycles. The standard InChI is InChI=1S/C41H50N4O6/c1-41(2,3)51-40(49)44-21-19-34(30-10-7-9-29(23-30)28-13-15-32(16-14-28)42-24-38(46)47)36(27-44)39(48)45(33-17-18-33)26-31-25-43(20-8-22-50-4)37-12-6-5-11-35(31)37/h5-7,9-16,23,25,33-34,36,42H,8,17-22,24,26-27H2,1-4H3,(H,46,47)/t34-,36+/m1/s1. The Bertz CT molecular complexity index is 1840. The fourth-order valence-corrected chi connectivity index (χ4v) is 7.18. The highest BCUT2D eigenvalue weighted by Gasteiger charge is 2.43. The zero-order valence-corrected chi connectivity index (χ0v) is 30.1. The van der Waals surface area contributed by atoms with Crippen molar-refractivity contribution in [3.8, 4) is 11.1 Å². The van der Waals surface area contributed by atoms with Gasteiger partial charge in [-0.25, -0.2) is 4.79 Å². The number of nitrogens with zero attached hydrogens (tertiary/aromatic N) is 3. The van der Waals surface area contributed by atoms with E-state index < -0.39 is 17.5 Å². The van der Waals surface area contributed by atoms with Crippen LogP contribution in [-0.4, -0.2) is 82.4 Å². The van der Waals surface area contributed by atoms with Gasteiger partial charge in [0.1, 0.15) is 12.1 Å². The number of hydrogen-bond acceptors (Lipinski definition) is 6. The van der Waals surface area contributed by atoms with Crippen molar-refractivity contribution in [3.05, 3.63) is 90.1 Å². The number of methoxy groups -OCH3 is 1. The van der Waals surface area contributed by atoms with Gasteiger partial charge < -0.3 is 34.3 Å². The maximum absolute atomic E-state index is 15.0. The van der Waals surface area contributed by atoms with E-state index in [0.717, 1.165) is 64.7 Å². The van der Waals surface area contributed by atoms with Crippen LogP contribution < -0.4 is 5.32 Å². The molecule has 1 aliphatic heterocycles. The summed E-state index contributed by atoms with van der Waals surface area (Å²) in [5.74, 6) is -1.38. The highest BCUT2D eigenvalue weighted by atomic mass is 16.6. The van der Waals surface area contributed by atoms with Crippen molar-refractivity contribution in [2.45, 2.75) is 77.1 Å². The fourth-order valence-electron chi connectivity index (χ4n) is 7.18. The Balaban J connectivity index is 1.30. The number of anilines is 1. The van der Waals surface area contributed by atoms with Crippen molar-refractivity contribution in [1.29, 1.82) is 0 Å². The number of para-hydroxylation sites is 1. The summed E-state index contributed by atoms with van der Waals surface area (Å²) in [4.78, 5) is 43.1. The number of amides is 2. The lowest BCUT2D eigenvalue weighted by atomic mass is 9.79. The van der Waals surface area contributed by atoms with Crippen LogP contribution in [0.25, 0.3) is 22.0 Å². The number of aryl methyl sites for hydroxylation is 1. The highest BCUT2D eigenvalue weighted by Crippen LogP contribution is 2.40. The molecule has 1 saturated carbocycles. The van der Waals surface area contributed by atoms with Gasteiger partial charge in [-0.2, -0.15) is 0 Å². The number of benzene rings is 3. The lowest BCUT2D eigenvalue weighted by molar-refractivity contribution is -0.139. The summed E-state index contributed by atoms with van der Waals surface area (Å²) >= 11 is 0. The quantitative estimate of drug-likeness (QED) is 0.141. The third kappa shape index (κ3) is 8.92. The third-order valence-corrected chi connectivity index (χ3v) is 9.79. The minimum absolute atomic E-state index is 0.0752. The minimum atomic E-state index is -0.918. The molecule has 10 heteroatoms. The van der Waals surface area contributed by atoms with Crippen LogP contribution in [0.1, 0.15) is 63.5 Å². The number of carboxylic acids is 1. The Labute approximate surface area is 300 Å². The molecule has 2 aliphatic rings. The summed E-state index contributed by atoms with van der Waals surface area (Å²) in [6.45, 7) is 8.25. The van der Waals surface area contributed by atoms with Gasteiger partial charge in [-0.3, -0.25) is 9.59 Å².